The van der Waals surface area contributed by atoms with Gasteiger partial charge < -0.3 is 4.85 Å². The van der Waals surface area contributed by atoms with Crippen molar-refractivity contribution in [3.8, 4) is 0 Å². The van der Waals surface area contributed by atoms with E-state index in [4.69, 9.17) is 6.57 Å². The first-order chi connectivity index (χ1) is 7.66. The molecule has 1 unspecified atom stereocenters. The number of Topliss-reactive ketones (excluding diaryl/α,β-unsaturated/α-hetero) is 1. The number of rotatable bonds is 5. The second-order valence-electron chi connectivity index (χ2n) is 4.23. The summed E-state index contributed by atoms with van der Waals surface area (Å²) in [5.74, 6) is 0.390. The molecule has 16 heavy (non-hydrogen) atoms. The van der Waals surface area contributed by atoms with Crippen molar-refractivity contribution in [2.45, 2.75) is 26.2 Å². The third-order valence-electron chi connectivity index (χ3n) is 2.64. The largest absolute Gasteiger partial charge is 0.316 e. The van der Waals surface area contributed by atoms with Gasteiger partial charge in [0.1, 0.15) is 5.78 Å². The van der Waals surface area contributed by atoms with E-state index in [1.807, 2.05) is 44.2 Å². The molecule has 2 heteroatoms. The first-order valence-corrected chi connectivity index (χ1v) is 5.57. The number of hydrogen-bond donors (Lipinski definition) is 0. The predicted octanol–water partition coefficient (Wildman–Crippen LogP) is 3.30. The van der Waals surface area contributed by atoms with Crippen LogP contribution in [-0.2, 0) is 4.79 Å². The van der Waals surface area contributed by atoms with Crippen LogP contribution in [0.5, 0.6) is 0 Å². The Labute approximate surface area is 97.1 Å². The van der Waals surface area contributed by atoms with Crippen LogP contribution >= 0.6 is 0 Å². The molecule has 0 bridgehead atoms. The lowest BCUT2D eigenvalue weighted by Gasteiger charge is -2.19. The van der Waals surface area contributed by atoms with Gasteiger partial charge in [0.2, 0.25) is 6.54 Å². The van der Waals surface area contributed by atoms with Gasteiger partial charge in [0, 0.05) is 5.92 Å². The molecule has 1 rings (SSSR count). The van der Waals surface area contributed by atoms with Gasteiger partial charge in [-0.25, -0.2) is 6.57 Å². The summed E-state index contributed by atoms with van der Waals surface area (Å²) in [7, 11) is 0. The average Bonchev–Trinajstić information content (AvgIpc) is 2.27. The van der Waals surface area contributed by atoms with E-state index in [0.717, 1.165) is 5.56 Å². The van der Waals surface area contributed by atoms with Gasteiger partial charge in [0.05, 0.1) is 6.42 Å². The smallest absolute Gasteiger partial charge is 0.221 e. The van der Waals surface area contributed by atoms with E-state index in [9.17, 15) is 4.79 Å². The molecule has 0 aliphatic rings. The van der Waals surface area contributed by atoms with Crippen LogP contribution in [0.2, 0.25) is 0 Å². The summed E-state index contributed by atoms with van der Waals surface area (Å²) in [5.41, 5.74) is 1.06. The van der Waals surface area contributed by atoms with E-state index < -0.39 is 0 Å². The van der Waals surface area contributed by atoms with Crippen molar-refractivity contribution in [3.05, 3.63) is 47.3 Å². The fourth-order valence-electron chi connectivity index (χ4n) is 1.92. The van der Waals surface area contributed by atoms with Gasteiger partial charge in [-0.2, -0.15) is 0 Å². The van der Waals surface area contributed by atoms with Crippen molar-refractivity contribution in [1.29, 1.82) is 0 Å². The van der Waals surface area contributed by atoms with Gasteiger partial charge in [-0.1, -0.05) is 44.2 Å². The lowest BCUT2D eigenvalue weighted by Crippen LogP contribution is -2.18. The zero-order chi connectivity index (χ0) is 12.0. The minimum atomic E-state index is -0.0667. The maximum Gasteiger partial charge on any atom is 0.221 e. The van der Waals surface area contributed by atoms with Crippen molar-refractivity contribution >= 4 is 5.78 Å². The highest BCUT2D eigenvalue weighted by molar-refractivity contribution is 5.86. The Balaban J connectivity index is 2.84. The molecule has 0 radical (unpaired) electrons. The second kappa shape index (κ2) is 6.07. The topological polar surface area (TPSA) is 21.4 Å². The molecular weight excluding hydrogens is 198 g/mol. The zero-order valence-electron chi connectivity index (χ0n) is 9.81. The van der Waals surface area contributed by atoms with Crippen molar-refractivity contribution in [2.24, 2.45) is 5.92 Å². The van der Waals surface area contributed by atoms with Crippen LogP contribution in [0.25, 0.3) is 4.85 Å². The molecule has 0 saturated carbocycles. The lowest BCUT2D eigenvalue weighted by molar-refractivity contribution is -0.121. The van der Waals surface area contributed by atoms with Crippen LogP contribution in [0, 0.1) is 12.5 Å². The summed E-state index contributed by atoms with van der Waals surface area (Å²) in [4.78, 5) is 15.2. The molecule has 1 aromatic carbocycles. The van der Waals surface area contributed by atoms with Gasteiger partial charge in [-0.15, -0.1) is 0 Å². The molecule has 0 saturated heterocycles. The van der Waals surface area contributed by atoms with Crippen LogP contribution in [0.4, 0.5) is 0 Å². The van der Waals surface area contributed by atoms with Crippen molar-refractivity contribution < 1.29 is 4.79 Å². The number of hydrogen-bond acceptors (Lipinski definition) is 1. The first kappa shape index (κ1) is 12.4. The molecule has 84 valence electrons. The summed E-state index contributed by atoms with van der Waals surface area (Å²) in [6.45, 7) is 11.1. The Morgan fingerprint density at radius 2 is 1.94 bits per heavy atom. The standard InChI is InChI=1S/C14H17NO/c1-11(2)14(13(16)9-10-15-3)12-7-5-4-6-8-12/h4-8,11,14H,9-10H2,1-2H3. The van der Waals surface area contributed by atoms with Crippen molar-refractivity contribution in [2.75, 3.05) is 6.54 Å². The van der Waals surface area contributed by atoms with E-state index in [1.165, 1.54) is 0 Å². The monoisotopic (exact) mass is 215 g/mol. The average molecular weight is 215 g/mol. The summed E-state index contributed by atoms with van der Waals surface area (Å²) < 4.78 is 0. The van der Waals surface area contributed by atoms with E-state index in [1.54, 1.807) is 0 Å². The quantitative estimate of drug-likeness (QED) is 0.690. The van der Waals surface area contributed by atoms with E-state index in [2.05, 4.69) is 4.85 Å². The van der Waals surface area contributed by atoms with Gasteiger partial charge in [-0.05, 0) is 11.5 Å². The molecule has 0 heterocycles. The fourth-order valence-corrected chi connectivity index (χ4v) is 1.92. The highest BCUT2D eigenvalue weighted by atomic mass is 16.1. The summed E-state index contributed by atoms with van der Waals surface area (Å²) in [6, 6.07) is 9.82. The van der Waals surface area contributed by atoms with E-state index >= 15 is 0 Å². The Bertz CT molecular complexity index is 375. The maximum absolute atomic E-state index is 12.0. The molecule has 0 aliphatic carbocycles. The first-order valence-electron chi connectivity index (χ1n) is 5.57. The molecule has 0 spiro atoms. The van der Waals surface area contributed by atoms with Crippen LogP contribution < -0.4 is 0 Å². The van der Waals surface area contributed by atoms with Crippen LogP contribution in [0.15, 0.2) is 30.3 Å². The number of carbonyl (C=O) groups is 1. The van der Waals surface area contributed by atoms with E-state index in [-0.39, 0.29) is 17.6 Å². The van der Waals surface area contributed by atoms with Crippen LogP contribution in [0.1, 0.15) is 31.7 Å². The van der Waals surface area contributed by atoms with Crippen LogP contribution in [0.3, 0.4) is 0 Å². The van der Waals surface area contributed by atoms with Gasteiger partial charge in [-0.3, -0.25) is 4.79 Å². The van der Waals surface area contributed by atoms with Crippen molar-refractivity contribution in [3.63, 3.8) is 0 Å². The Morgan fingerprint density at radius 1 is 1.31 bits per heavy atom. The molecule has 1 aromatic rings. The lowest BCUT2D eigenvalue weighted by atomic mass is 9.84. The molecule has 0 fully saturated rings. The molecule has 1 atom stereocenters. The second-order valence-corrected chi connectivity index (χ2v) is 4.23. The number of carbonyl (C=O) groups excluding carboxylic acids is 1. The highest BCUT2D eigenvalue weighted by Gasteiger charge is 2.23. The van der Waals surface area contributed by atoms with Crippen LogP contribution in [-0.4, -0.2) is 12.3 Å². The number of benzene rings is 1. The number of nitrogens with zero attached hydrogens (tertiary/aromatic N) is 1. The van der Waals surface area contributed by atoms with Gasteiger partial charge in [0.15, 0.2) is 0 Å². The van der Waals surface area contributed by atoms with E-state index in [0.29, 0.717) is 13.0 Å². The summed E-state index contributed by atoms with van der Waals surface area (Å²) in [5, 5.41) is 0. The maximum atomic E-state index is 12.0. The molecule has 0 aromatic heterocycles. The molecule has 0 N–H and O–H groups in total. The Kier molecular flexibility index (Phi) is 4.72. The SMILES string of the molecule is [C-]#[N+]CCC(=O)C(c1ccccc1)C(C)C. The molecule has 2 nitrogen and oxygen atoms in total. The molecule has 0 amide bonds. The van der Waals surface area contributed by atoms with Crippen molar-refractivity contribution in [1.82, 2.24) is 0 Å². The third kappa shape index (κ3) is 3.20. The minimum Gasteiger partial charge on any atom is -0.316 e. The van der Waals surface area contributed by atoms with Gasteiger partial charge in [0.25, 0.3) is 0 Å². The molecular formula is C14H17NO. The summed E-state index contributed by atoms with van der Waals surface area (Å²) >= 11 is 0. The molecule has 0 aliphatic heterocycles. The predicted molar refractivity (Wildman–Crippen MR) is 65.1 cm³/mol. The van der Waals surface area contributed by atoms with Gasteiger partial charge >= 0.3 is 0 Å². The fraction of sp³-hybridized carbons (Fsp3) is 0.429. The highest BCUT2D eigenvalue weighted by Crippen LogP contribution is 2.26. The summed E-state index contributed by atoms with van der Waals surface area (Å²) in [6.07, 6.45) is 0.362. The Hall–Kier alpha value is -1.62. The number of ketones is 1. The Morgan fingerprint density at radius 3 is 2.44 bits per heavy atom. The third-order valence-corrected chi connectivity index (χ3v) is 2.64. The normalized spacial score (nSPS) is 12.1. The zero-order valence-corrected chi connectivity index (χ0v) is 9.81. The minimum absolute atomic E-state index is 0.0667.